The summed E-state index contributed by atoms with van der Waals surface area (Å²) in [5.41, 5.74) is 0. The van der Waals surface area contributed by atoms with Crippen LogP contribution < -0.4 is 0 Å². The molecule has 1 N–H and O–H groups in total. The van der Waals surface area contributed by atoms with Crippen molar-refractivity contribution in [3.05, 3.63) is 24.2 Å². The Morgan fingerprint density at radius 2 is 2.33 bits per heavy atom. The van der Waals surface area contributed by atoms with E-state index in [0.29, 0.717) is 0 Å². The first kappa shape index (κ1) is 8.37. The quantitative estimate of drug-likeness (QED) is 0.651. The predicted octanol–water partition coefficient (Wildman–Crippen LogP) is 0.975. The van der Waals surface area contributed by atoms with E-state index in [1.54, 1.807) is 0 Å². The molecule has 0 unspecified atom stereocenters. The fourth-order valence-corrected chi connectivity index (χ4v) is 0.400. The van der Waals surface area contributed by atoms with Gasteiger partial charge in [-0.15, -0.1) is 0 Å². The van der Waals surface area contributed by atoms with Crippen LogP contribution in [0.25, 0.3) is 0 Å². The van der Waals surface area contributed by atoms with Crippen molar-refractivity contribution in [2.24, 2.45) is 0 Å². The van der Waals surface area contributed by atoms with Gasteiger partial charge in [0.1, 0.15) is 0 Å². The van der Waals surface area contributed by atoms with Gasteiger partial charge in [0, 0.05) is 19.5 Å². The zero-order chi connectivity index (χ0) is 5.98. The third-order valence-electron chi connectivity index (χ3n) is 0.732. The molecule has 1 aromatic heterocycles. The summed E-state index contributed by atoms with van der Waals surface area (Å²) in [7, 11) is 0. The molecule has 0 aliphatic carbocycles. The van der Waals surface area contributed by atoms with Crippen molar-refractivity contribution in [1.82, 2.24) is 0 Å². The molecule has 0 spiro atoms. The van der Waals surface area contributed by atoms with Crippen LogP contribution in [0.4, 0.5) is 0 Å². The van der Waals surface area contributed by atoms with Crippen molar-refractivity contribution in [3.63, 3.8) is 0 Å². The van der Waals surface area contributed by atoms with Crippen molar-refractivity contribution < 1.29 is 33.8 Å². The zero-order valence-corrected chi connectivity index (χ0v) is 7.67. The summed E-state index contributed by atoms with van der Waals surface area (Å²) in [5.74, 6) is -1.06. The predicted molar refractivity (Wildman–Crippen MR) is 25.7 cm³/mol. The molecule has 44 valence electrons. The van der Waals surface area contributed by atoms with Crippen molar-refractivity contribution in [1.29, 1.82) is 0 Å². The van der Waals surface area contributed by atoms with Crippen molar-refractivity contribution in [3.8, 4) is 0 Å². The van der Waals surface area contributed by atoms with Crippen LogP contribution in [0.5, 0.6) is 0 Å². The summed E-state index contributed by atoms with van der Waals surface area (Å²) in [6.07, 6.45) is 1.32. The number of carbonyl (C=O) groups is 1. The molecule has 1 rings (SSSR count). The van der Waals surface area contributed by atoms with E-state index in [4.69, 9.17) is 5.11 Å². The molecule has 0 fully saturated rings. The van der Waals surface area contributed by atoms with E-state index >= 15 is 0 Å². The van der Waals surface area contributed by atoms with Crippen molar-refractivity contribution >= 4 is 5.97 Å². The molecule has 0 saturated carbocycles. The minimum absolute atomic E-state index is 0. The molecule has 0 aliphatic heterocycles. The van der Waals surface area contributed by atoms with E-state index in [0.717, 1.165) is 0 Å². The van der Waals surface area contributed by atoms with Crippen LogP contribution in [0.1, 0.15) is 10.6 Å². The van der Waals surface area contributed by atoms with Gasteiger partial charge in [-0.1, -0.05) is 0 Å². The van der Waals surface area contributed by atoms with Crippen molar-refractivity contribution in [2.45, 2.75) is 0 Å². The van der Waals surface area contributed by atoms with Crippen LogP contribution in [0.2, 0.25) is 0 Å². The summed E-state index contributed by atoms with van der Waals surface area (Å²) in [6.45, 7) is 0. The number of rotatable bonds is 1. The van der Waals surface area contributed by atoms with E-state index in [1.165, 1.54) is 18.4 Å². The summed E-state index contributed by atoms with van der Waals surface area (Å²) in [6, 6.07) is 2.92. The van der Waals surface area contributed by atoms with Gasteiger partial charge >= 0.3 is 5.97 Å². The molecule has 0 atom stereocenters. The average molecular weight is 177 g/mol. The summed E-state index contributed by atoms with van der Waals surface area (Å²) >= 11 is 0. The molecule has 0 saturated heterocycles. The first-order chi connectivity index (χ1) is 3.80. The van der Waals surface area contributed by atoms with E-state index in [-0.39, 0.29) is 25.2 Å². The molecule has 0 aliphatic rings. The maximum atomic E-state index is 9.97. The second-order valence-corrected chi connectivity index (χ2v) is 1.28. The molecular weight excluding hydrogens is 173 g/mol. The Balaban J connectivity index is 0.000000640. The normalized spacial score (nSPS) is 8.00. The summed E-state index contributed by atoms with van der Waals surface area (Å²) in [4.78, 5) is 9.97. The Morgan fingerprint density at radius 1 is 1.67 bits per heavy atom. The standard InChI is InChI=1S/C5H4O3.Zn/c6-5(7)4-2-1-3-8-4;/h1-3H,(H,6,7);. The van der Waals surface area contributed by atoms with Gasteiger partial charge in [-0.25, -0.2) is 4.79 Å². The third-order valence-corrected chi connectivity index (χ3v) is 0.732. The molecule has 9 heavy (non-hydrogen) atoms. The molecule has 4 heteroatoms. The smallest absolute Gasteiger partial charge is 0.371 e. The molecule has 0 amide bonds. The third kappa shape index (κ3) is 1.98. The van der Waals surface area contributed by atoms with Crippen LogP contribution in [0.15, 0.2) is 22.8 Å². The van der Waals surface area contributed by atoms with Crippen LogP contribution >= 0.6 is 0 Å². The van der Waals surface area contributed by atoms with E-state index < -0.39 is 5.97 Å². The van der Waals surface area contributed by atoms with Crippen LogP contribution in [0.3, 0.4) is 0 Å². The number of hydrogen-bond acceptors (Lipinski definition) is 2. The van der Waals surface area contributed by atoms with E-state index in [1.807, 2.05) is 0 Å². The van der Waals surface area contributed by atoms with Crippen LogP contribution in [0, 0.1) is 0 Å². The van der Waals surface area contributed by atoms with Crippen LogP contribution in [-0.4, -0.2) is 11.1 Å². The maximum Gasteiger partial charge on any atom is 0.371 e. The molecule has 0 bridgehead atoms. The Labute approximate surface area is 64.4 Å². The second kappa shape index (κ2) is 3.41. The Bertz CT molecular complexity index is 180. The Morgan fingerprint density at radius 3 is 2.56 bits per heavy atom. The van der Waals surface area contributed by atoms with Gasteiger partial charge in [0.2, 0.25) is 5.76 Å². The SMILES string of the molecule is O=C(O)c1ccco1.[Zn]. The number of hydrogen-bond donors (Lipinski definition) is 1. The fraction of sp³-hybridized carbons (Fsp3) is 0. The minimum Gasteiger partial charge on any atom is -0.475 e. The van der Waals surface area contributed by atoms with E-state index in [2.05, 4.69) is 4.42 Å². The second-order valence-electron chi connectivity index (χ2n) is 1.28. The topological polar surface area (TPSA) is 50.4 Å². The largest absolute Gasteiger partial charge is 0.475 e. The van der Waals surface area contributed by atoms with Crippen molar-refractivity contribution in [2.75, 3.05) is 0 Å². The van der Waals surface area contributed by atoms with Gasteiger partial charge in [-0.05, 0) is 12.1 Å². The van der Waals surface area contributed by atoms with Gasteiger partial charge in [-0.2, -0.15) is 0 Å². The summed E-state index contributed by atoms with van der Waals surface area (Å²) < 4.78 is 4.50. The molecule has 0 radical (unpaired) electrons. The summed E-state index contributed by atoms with van der Waals surface area (Å²) in [5, 5.41) is 8.18. The monoisotopic (exact) mass is 176 g/mol. The molecular formula is C5H4O3Zn. The first-order valence-corrected chi connectivity index (χ1v) is 2.07. The molecule has 3 nitrogen and oxygen atoms in total. The number of carboxylic acid groups (broad SMARTS) is 1. The number of aromatic carboxylic acids is 1. The van der Waals surface area contributed by atoms with Gasteiger partial charge in [0.15, 0.2) is 0 Å². The van der Waals surface area contributed by atoms with Gasteiger partial charge < -0.3 is 9.52 Å². The Kier molecular flexibility index (Phi) is 3.17. The Hall–Kier alpha value is -0.627. The number of carboxylic acids is 1. The zero-order valence-electron chi connectivity index (χ0n) is 4.70. The maximum absolute atomic E-state index is 9.97. The van der Waals surface area contributed by atoms with Gasteiger partial charge in [0.05, 0.1) is 6.26 Å². The van der Waals surface area contributed by atoms with Gasteiger partial charge in [-0.3, -0.25) is 0 Å². The number of furan rings is 1. The van der Waals surface area contributed by atoms with Crippen LogP contribution in [-0.2, 0) is 19.5 Å². The average Bonchev–Trinajstić information content (AvgIpc) is 2.12. The first-order valence-electron chi connectivity index (χ1n) is 2.07. The molecule has 1 aromatic rings. The molecule has 1 heterocycles. The van der Waals surface area contributed by atoms with E-state index in [9.17, 15) is 4.79 Å². The fourth-order valence-electron chi connectivity index (χ4n) is 0.400. The minimum atomic E-state index is -1.03. The van der Waals surface area contributed by atoms with Gasteiger partial charge in [0.25, 0.3) is 0 Å². The molecule has 0 aromatic carbocycles.